The number of nitrogens with one attached hydrogen (secondary N) is 2. The van der Waals surface area contributed by atoms with Crippen LogP contribution in [-0.2, 0) is 13.6 Å². The van der Waals surface area contributed by atoms with Crippen molar-refractivity contribution in [1.82, 2.24) is 20.4 Å². The Kier molecular flexibility index (Phi) is 6.79. The summed E-state index contributed by atoms with van der Waals surface area (Å²) < 4.78 is 7.47. The van der Waals surface area contributed by atoms with E-state index in [1.54, 1.807) is 0 Å². The minimum atomic E-state index is 0.363. The van der Waals surface area contributed by atoms with Crippen LogP contribution in [0.25, 0.3) is 0 Å². The molecular weight excluding hydrogens is 352 g/mol. The first-order valence-corrected chi connectivity index (χ1v) is 10.0. The highest BCUT2D eigenvalue weighted by Gasteiger charge is 2.21. The van der Waals surface area contributed by atoms with Gasteiger partial charge in [0.25, 0.3) is 0 Å². The van der Waals surface area contributed by atoms with E-state index in [0.29, 0.717) is 12.6 Å². The second kappa shape index (κ2) is 9.48. The SMILES string of the molecule is CCOc1ccc(CNC(=NC)NC2CCCN(c3cnn(C)c3)C2)cc1C. The van der Waals surface area contributed by atoms with Gasteiger partial charge in [-0.1, -0.05) is 12.1 Å². The number of hydrogen-bond donors (Lipinski definition) is 2. The van der Waals surface area contributed by atoms with E-state index in [9.17, 15) is 0 Å². The molecule has 0 amide bonds. The molecule has 0 saturated carbocycles. The minimum Gasteiger partial charge on any atom is -0.494 e. The van der Waals surface area contributed by atoms with Crippen LogP contribution in [0, 0.1) is 6.92 Å². The van der Waals surface area contributed by atoms with Gasteiger partial charge in [0.15, 0.2) is 5.96 Å². The molecule has 152 valence electrons. The van der Waals surface area contributed by atoms with Crippen molar-refractivity contribution < 1.29 is 4.74 Å². The molecule has 0 spiro atoms. The topological polar surface area (TPSA) is 66.7 Å². The van der Waals surface area contributed by atoms with Crippen molar-refractivity contribution in [1.29, 1.82) is 0 Å². The maximum atomic E-state index is 5.62. The van der Waals surface area contributed by atoms with E-state index in [-0.39, 0.29) is 0 Å². The Labute approximate surface area is 167 Å². The molecule has 1 aliphatic rings. The average molecular weight is 385 g/mol. The van der Waals surface area contributed by atoms with E-state index < -0.39 is 0 Å². The molecule has 1 saturated heterocycles. The third kappa shape index (κ3) is 5.18. The first kappa shape index (κ1) is 20.0. The van der Waals surface area contributed by atoms with Gasteiger partial charge in [-0.15, -0.1) is 0 Å². The van der Waals surface area contributed by atoms with Gasteiger partial charge < -0.3 is 20.3 Å². The van der Waals surface area contributed by atoms with Gasteiger partial charge in [0.2, 0.25) is 0 Å². The van der Waals surface area contributed by atoms with Crippen LogP contribution in [0.3, 0.4) is 0 Å². The van der Waals surface area contributed by atoms with Crippen LogP contribution >= 0.6 is 0 Å². The molecule has 2 aromatic rings. The maximum absolute atomic E-state index is 5.62. The molecule has 7 heteroatoms. The normalized spacial score (nSPS) is 17.5. The molecule has 1 aromatic heterocycles. The Hall–Kier alpha value is -2.70. The lowest BCUT2D eigenvalue weighted by Crippen LogP contribution is -2.51. The Morgan fingerprint density at radius 1 is 1.39 bits per heavy atom. The lowest BCUT2D eigenvalue weighted by molar-refractivity contribution is 0.338. The van der Waals surface area contributed by atoms with E-state index in [0.717, 1.165) is 49.7 Å². The number of piperidine rings is 1. The zero-order valence-electron chi connectivity index (χ0n) is 17.4. The number of anilines is 1. The molecule has 28 heavy (non-hydrogen) atoms. The fourth-order valence-corrected chi connectivity index (χ4v) is 3.61. The monoisotopic (exact) mass is 384 g/mol. The van der Waals surface area contributed by atoms with Gasteiger partial charge in [-0.2, -0.15) is 5.10 Å². The largest absolute Gasteiger partial charge is 0.494 e. The molecule has 1 atom stereocenters. The lowest BCUT2D eigenvalue weighted by Gasteiger charge is -2.34. The Morgan fingerprint density at radius 2 is 2.25 bits per heavy atom. The summed E-state index contributed by atoms with van der Waals surface area (Å²) in [5.74, 6) is 1.79. The predicted octanol–water partition coefficient (Wildman–Crippen LogP) is 2.46. The van der Waals surface area contributed by atoms with Gasteiger partial charge in [0.05, 0.1) is 18.5 Å². The van der Waals surface area contributed by atoms with Crippen molar-refractivity contribution in [2.75, 3.05) is 31.6 Å². The number of ether oxygens (including phenoxy) is 1. The van der Waals surface area contributed by atoms with Gasteiger partial charge in [-0.05, 0) is 43.9 Å². The summed E-state index contributed by atoms with van der Waals surface area (Å²) in [6, 6.07) is 6.67. The molecule has 1 fully saturated rings. The summed E-state index contributed by atoms with van der Waals surface area (Å²) in [6.07, 6.45) is 6.30. The number of aryl methyl sites for hydroxylation is 2. The standard InChI is InChI=1S/C21H32N6O/c1-5-28-20-9-8-17(11-16(20)2)12-23-21(22-3)25-18-7-6-10-27(14-18)19-13-24-26(4)15-19/h8-9,11,13,15,18H,5-7,10,12,14H2,1-4H3,(H2,22,23,25). The summed E-state index contributed by atoms with van der Waals surface area (Å²) in [5, 5.41) is 11.3. The van der Waals surface area contributed by atoms with Crippen LogP contribution in [0.4, 0.5) is 5.69 Å². The number of rotatable bonds is 6. The molecular formula is C21H32N6O. The van der Waals surface area contributed by atoms with Crippen LogP contribution in [0.5, 0.6) is 5.75 Å². The van der Waals surface area contributed by atoms with Crippen molar-refractivity contribution in [2.45, 2.75) is 39.3 Å². The van der Waals surface area contributed by atoms with E-state index in [1.165, 1.54) is 11.3 Å². The van der Waals surface area contributed by atoms with E-state index in [4.69, 9.17) is 4.74 Å². The Bertz CT molecular complexity index is 800. The number of hydrogen-bond acceptors (Lipinski definition) is 4. The summed E-state index contributed by atoms with van der Waals surface area (Å²) in [5.41, 5.74) is 3.55. The molecule has 1 unspecified atom stereocenters. The minimum absolute atomic E-state index is 0.363. The highest BCUT2D eigenvalue weighted by atomic mass is 16.5. The third-order valence-corrected chi connectivity index (χ3v) is 5.04. The van der Waals surface area contributed by atoms with Gasteiger partial charge in [-0.25, -0.2) is 0 Å². The Morgan fingerprint density at radius 3 is 2.93 bits per heavy atom. The van der Waals surface area contributed by atoms with Crippen LogP contribution < -0.4 is 20.3 Å². The molecule has 0 radical (unpaired) electrons. The summed E-state index contributed by atoms with van der Waals surface area (Å²) >= 11 is 0. The highest BCUT2D eigenvalue weighted by Crippen LogP contribution is 2.20. The van der Waals surface area contributed by atoms with Crippen molar-refractivity contribution in [3.05, 3.63) is 41.7 Å². The second-order valence-electron chi connectivity index (χ2n) is 7.26. The van der Waals surface area contributed by atoms with Crippen molar-refractivity contribution in [3.8, 4) is 5.75 Å². The fourth-order valence-electron chi connectivity index (χ4n) is 3.61. The number of nitrogens with zero attached hydrogens (tertiary/aromatic N) is 4. The van der Waals surface area contributed by atoms with E-state index in [2.05, 4.69) is 50.9 Å². The number of aromatic nitrogens is 2. The smallest absolute Gasteiger partial charge is 0.191 e. The van der Waals surface area contributed by atoms with Crippen LogP contribution in [0.15, 0.2) is 35.6 Å². The number of aliphatic imine (C=N–C) groups is 1. The highest BCUT2D eigenvalue weighted by molar-refractivity contribution is 5.80. The predicted molar refractivity (Wildman–Crippen MR) is 114 cm³/mol. The molecule has 3 rings (SSSR count). The van der Waals surface area contributed by atoms with Crippen molar-refractivity contribution >= 4 is 11.6 Å². The molecule has 0 bridgehead atoms. The summed E-state index contributed by atoms with van der Waals surface area (Å²) in [6.45, 7) is 7.52. The van der Waals surface area contributed by atoms with E-state index in [1.807, 2.05) is 38.0 Å². The van der Waals surface area contributed by atoms with Crippen molar-refractivity contribution in [2.24, 2.45) is 12.0 Å². The third-order valence-electron chi connectivity index (χ3n) is 5.04. The van der Waals surface area contributed by atoms with Crippen LogP contribution in [0.1, 0.15) is 30.9 Å². The Balaban J connectivity index is 1.53. The van der Waals surface area contributed by atoms with Gasteiger partial charge in [0, 0.05) is 46.0 Å². The fraction of sp³-hybridized carbons (Fsp3) is 0.524. The van der Waals surface area contributed by atoms with Crippen molar-refractivity contribution in [3.63, 3.8) is 0 Å². The zero-order valence-corrected chi connectivity index (χ0v) is 17.4. The van der Waals surface area contributed by atoms with Gasteiger partial charge in [-0.3, -0.25) is 9.67 Å². The molecule has 2 N–H and O–H groups in total. The summed E-state index contributed by atoms with van der Waals surface area (Å²) in [4.78, 5) is 6.79. The van der Waals surface area contributed by atoms with Crippen LogP contribution in [0.2, 0.25) is 0 Å². The lowest BCUT2D eigenvalue weighted by atomic mass is 10.1. The van der Waals surface area contributed by atoms with Gasteiger partial charge in [0.1, 0.15) is 5.75 Å². The van der Waals surface area contributed by atoms with Crippen LogP contribution in [-0.4, -0.2) is 48.5 Å². The summed E-state index contributed by atoms with van der Waals surface area (Å²) in [7, 11) is 3.78. The molecule has 1 aliphatic heterocycles. The number of guanidine groups is 1. The second-order valence-corrected chi connectivity index (χ2v) is 7.26. The van der Waals surface area contributed by atoms with Gasteiger partial charge >= 0.3 is 0 Å². The zero-order chi connectivity index (χ0) is 19.9. The quantitative estimate of drug-likeness (QED) is 0.592. The average Bonchev–Trinajstić information content (AvgIpc) is 3.14. The molecule has 2 heterocycles. The van der Waals surface area contributed by atoms with E-state index >= 15 is 0 Å². The first-order chi connectivity index (χ1) is 13.6. The molecule has 7 nitrogen and oxygen atoms in total. The molecule has 0 aliphatic carbocycles. The maximum Gasteiger partial charge on any atom is 0.191 e. The molecule has 1 aromatic carbocycles. The number of benzene rings is 1. The first-order valence-electron chi connectivity index (χ1n) is 10.0.